The Hall–Kier alpha value is -1.29. The third kappa shape index (κ3) is 2.44. The summed E-state index contributed by atoms with van der Waals surface area (Å²) in [5, 5.41) is 0. The van der Waals surface area contributed by atoms with E-state index in [0.29, 0.717) is 5.90 Å². The van der Waals surface area contributed by atoms with Gasteiger partial charge in [-0.3, -0.25) is 0 Å². The van der Waals surface area contributed by atoms with E-state index in [-0.39, 0.29) is 12.0 Å². The van der Waals surface area contributed by atoms with Gasteiger partial charge in [0.1, 0.15) is 0 Å². The summed E-state index contributed by atoms with van der Waals surface area (Å²) in [5.74, 6) is 1.15. The van der Waals surface area contributed by atoms with Crippen molar-refractivity contribution in [2.24, 2.45) is 4.99 Å². The van der Waals surface area contributed by atoms with Crippen molar-refractivity contribution in [1.82, 2.24) is 0 Å². The monoisotopic (exact) mass is 235 g/mol. The second-order valence-electron chi connectivity index (χ2n) is 3.52. The van der Waals surface area contributed by atoms with E-state index in [2.05, 4.69) is 4.99 Å². The number of aliphatic imine (C=N–C) groups is 1. The third-order valence-corrected chi connectivity index (χ3v) is 3.00. The van der Waals surface area contributed by atoms with Gasteiger partial charge in [-0.1, -0.05) is 18.2 Å². The number of carbonyl (C=O) groups excluding carboxylic acids is 1. The molecule has 2 rings (SSSR count). The van der Waals surface area contributed by atoms with E-state index in [1.807, 2.05) is 36.6 Å². The summed E-state index contributed by atoms with van der Waals surface area (Å²) < 4.78 is 5.16. The van der Waals surface area contributed by atoms with Crippen LogP contribution in [0.1, 0.15) is 12.0 Å². The fourth-order valence-electron chi connectivity index (χ4n) is 1.51. The number of rotatable bonds is 4. The van der Waals surface area contributed by atoms with Crippen molar-refractivity contribution in [1.29, 1.82) is 0 Å². The number of thioether (sulfide) groups is 1. The smallest absolute Gasteiger partial charge is 0.337 e. The van der Waals surface area contributed by atoms with Crippen molar-refractivity contribution < 1.29 is 9.53 Å². The van der Waals surface area contributed by atoms with E-state index in [1.165, 1.54) is 0 Å². The molecule has 84 valence electrons. The molecule has 0 saturated heterocycles. The number of hydrogen-bond acceptors (Lipinski definition) is 4. The molecule has 1 aliphatic heterocycles. The van der Waals surface area contributed by atoms with Gasteiger partial charge in [0.05, 0.1) is 0 Å². The zero-order chi connectivity index (χ0) is 11.4. The molecule has 0 N–H and O–H groups in total. The second kappa shape index (κ2) is 5.16. The number of cyclic esters (lactones) is 1. The maximum atomic E-state index is 11.5. The zero-order valence-electron chi connectivity index (χ0n) is 9.05. The van der Waals surface area contributed by atoms with Crippen LogP contribution in [0, 0.1) is 0 Å². The van der Waals surface area contributed by atoms with E-state index < -0.39 is 0 Å². The van der Waals surface area contributed by atoms with Crippen LogP contribution in [0.25, 0.3) is 0 Å². The number of benzene rings is 1. The lowest BCUT2D eigenvalue weighted by atomic mass is 10.2. The SMILES string of the molecule is CSCCC1N=C(c2ccccc2)OC1=O. The molecule has 0 aliphatic carbocycles. The predicted molar refractivity (Wildman–Crippen MR) is 65.9 cm³/mol. The molecule has 1 unspecified atom stereocenters. The first-order valence-electron chi connectivity index (χ1n) is 5.15. The predicted octanol–water partition coefficient (Wildman–Crippen LogP) is 2.11. The van der Waals surface area contributed by atoms with E-state index in [1.54, 1.807) is 11.8 Å². The minimum Gasteiger partial charge on any atom is -0.406 e. The van der Waals surface area contributed by atoms with Gasteiger partial charge in [0, 0.05) is 5.56 Å². The van der Waals surface area contributed by atoms with Gasteiger partial charge in [0.2, 0.25) is 5.90 Å². The minimum absolute atomic E-state index is 0.229. The van der Waals surface area contributed by atoms with Gasteiger partial charge in [-0.05, 0) is 30.6 Å². The van der Waals surface area contributed by atoms with E-state index in [9.17, 15) is 4.79 Å². The van der Waals surface area contributed by atoms with Crippen molar-refractivity contribution in [2.45, 2.75) is 12.5 Å². The average molecular weight is 235 g/mol. The van der Waals surface area contributed by atoms with E-state index in [4.69, 9.17) is 4.74 Å². The molecular weight excluding hydrogens is 222 g/mol. The molecule has 0 bridgehead atoms. The molecule has 1 aromatic rings. The number of hydrogen-bond donors (Lipinski definition) is 0. The van der Waals surface area contributed by atoms with Crippen LogP contribution in [0.3, 0.4) is 0 Å². The lowest BCUT2D eigenvalue weighted by Gasteiger charge is -1.99. The fraction of sp³-hybridized carbons (Fsp3) is 0.333. The Morgan fingerprint density at radius 1 is 1.38 bits per heavy atom. The summed E-state index contributed by atoms with van der Waals surface area (Å²) in [7, 11) is 0. The Morgan fingerprint density at radius 3 is 2.81 bits per heavy atom. The highest BCUT2D eigenvalue weighted by atomic mass is 32.2. The number of ether oxygens (including phenoxy) is 1. The molecule has 1 heterocycles. The van der Waals surface area contributed by atoms with Crippen molar-refractivity contribution in [3.63, 3.8) is 0 Å². The van der Waals surface area contributed by atoms with Crippen molar-refractivity contribution in [2.75, 3.05) is 12.0 Å². The Kier molecular flexibility index (Phi) is 3.62. The molecule has 16 heavy (non-hydrogen) atoms. The summed E-state index contributed by atoms with van der Waals surface area (Å²) in [6, 6.07) is 9.20. The molecule has 0 fully saturated rings. The quantitative estimate of drug-likeness (QED) is 0.750. The number of carbonyl (C=O) groups is 1. The highest BCUT2D eigenvalue weighted by molar-refractivity contribution is 7.98. The normalized spacial score (nSPS) is 19.4. The molecule has 1 aliphatic rings. The summed E-state index contributed by atoms with van der Waals surface area (Å²) in [5.41, 5.74) is 0.863. The lowest BCUT2D eigenvalue weighted by Crippen LogP contribution is -2.15. The summed E-state index contributed by atoms with van der Waals surface area (Å²) in [6.45, 7) is 0. The molecule has 3 nitrogen and oxygen atoms in total. The summed E-state index contributed by atoms with van der Waals surface area (Å²) >= 11 is 1.71. The van der Waals surface area contributed by atoms with Crippen LogP contribution >= 0.6 is 11.8 Å². The van der Waals surface area contributed by atoms with Gasteiger partial charge in [-0.15, -0.1) is 0 Å². The molecule has 0 aromatic heterocycles. The Morgan fingerprint density at radius 2 is 2.12 bits per heavy atom. The van der Waals surface area contributed by atoms with E-state index >= 15 is 0 Å². The molecule has 0 radical (unpaired) electrons. The first-order chi connectivity index (χ1) is 7.81. The second-order valence-corrected chi connectivity index (χ2v) is 4.50. The van der Waals surface area contributed by atoms with Crippen LogP contribution < -0.4 is 0 Å². The lowest BCUT2D eigenvalue weighted by molar-refractivity contribution is -0.134. The van der Waals surface area contributed by atoms with Crippen molar-refractivity contribution >= 4 is 23.6 Å². The first-order valence-corrected chi connectivity index (χ1v) is 6.54. The molecule has 0 spiro atoms. The van der Waals surface area contributed by atoms with Gasteiger partial charge in [-0.2, -0.15) is 11.8 Å². The minimum atomic E-state index is -0.317. The maximum Gasteiger partial charge on any atom is 0.337 e. The van der Waals surface area contributed by atoms with Gasteiger partial charge in [0.25, 0.3) is 0 Å². The van der Waals surface area contributed by atoms with Gasteiger partial charge in [-0.25, -0.2) is 9.79 Å². The van der Waals surface area contributed by atoms with Crippen LogP contribution in [-0.2, 0) is 9.53 Å². The molecule has 1 atom stereocenters. The van der Waals surface area contributed by atoms with Crippen LogP contribution in [0.4, 0.5) is 0 Å². The number of esters is 1. The highest BCUT2D eigenvalue weighted by Crippen LogP contribution is 2.16. The van der Waals surface area contributed by atoms with E-state index in [0.717, 1.165) is 17.7 Å². The average Bonchev–Trinajstić information content (AvgIpc) is 2.69. The summed E-state index contributed by atoms with van der Waals surface area (Å²) in [4.78, 5) is 15.8. The van der Waals surface area contributed by atoms with Crippen LogP contribution in [0.15, 0.2) is 35.3 Å². The molecule has 0 saturated carbocycles. The standard InChI is InChI=1S/C12H13NO2S/c1-16-8-7-10-12(14)15-11(13-10)9-5-3-2-4-6-9/h2-6,10H,7-8H2,1H3. The van der Waals surface area contributed by atoms with Gasteiger partial charge in [0.15, 0.2) is 6.04 Å². The Bertz CT molecular complexity index is 403. The highest BCUT2D eigenvalue weighted by Gasteiger charge is 2.28. The van der Waals surface area contributed by atoms with Gasteiger partial charge < -0.3 is 4.74 Å². The third-order valence-electron chi connectivity index (χ3n) is 2.36. The first kappa shape index (κ1) is 11.2. The molecule has 0 amide bonds. The summed E-state index contributed by atoms with van der Waals surface area (Å²) in [6.07, 6.45) is 2.76. The Balaban J connectivity index is 2.10. The zero-order valence-corrected chi connectivity index (χ0v) is 9.87. The fourth-order valence-corrected chi connectivity index (χ4v) is 1.97. The Labute approximate surface area is 98.9 Å². The van der Waals surface area contributed by atoms with Crippen molar-refractivity contribution in [3.05, 3.63) is 35.9 Å². The van der Waals surface area contributed by atoms with Crippen molar-refractivity contribution in [3.8, 4) is 0 Å². The van der Waals surface area contributed by atoms with Crippen LogP contribution in [-0.4, -0.2) is 29.9 Å². The molecular formula is C12H13NO2S. The van der Waals surface area contributed by atoms with Gasteiger partial charge >= 0.3 is 5.97 Å². The largest absolute Gasteiger partial charge is 0.406 e. The molecule has 4 heteroatoms. The number of nitrogens with zero attached hydrogens (tertiary/aromatic N) is 1. The molecule has 1 aromatic carbocycles. The van der Waals surface area contributed by atoms with Crippen LogP contribution in [0.5, 0.6) is 0 Å². The topological polar surface area (TPSA) is 38.7 Å². The maximum absolute atomic E-state index is 11.5. The van der Waals surface area contributed by atoms with Crippen LogP contribution in [0.2, 0.25) is 0 Å².